The van der Waals surface area contributed by atoms with Crippen molar-refractivity contribution in [3.63, 3.8) is 0 Å². The molecular weight excluding hydrogens is 450 g/mol. The van der Waals surface area contributed by atoms with Gasteiger partial charge in [-0.1, -0.05) is 11.6 Å². The van der Waals surface area contributed by atoms with Crippen molar-refractivity contribution in [2.75, 3.05) is 6.61 Å². The van der Waals surface area contributed by atoms with Gasteiger partial charge in [0.15, 0.2) is 16.7 Å². The molecule has 1 aliphatic rings. The summed E-state index contributed by atoms with van der Waals surface area (Å²) < 4.78 is 71.2. The average Bonchev–Trinajstić information content (AvgIpc) is 2.61. The molecule has 0 spiro atoms. The van der Waals surface area contributed by atoms with Gasteiger partial charge >= 0.3 is 6.36 Å². The van der Waals surface area contributed by atoms with Gasteiger partial charge in [-0.25, -0.2) is 9.37 Å². The Morgan fingerprint density at radius 2 is 1.97 bits per heavy atom. The normalized spacial score (nSPS) is 22.2. The standard InChI is InChI=1S/C18H22ClF4N3O3S/c1-16(2,3)30(28)26-13(5-9-27)17(14-15(19)25-8-7-24-14)6-4-12(11(20)10-17)29-18(21,22)23/h4,7-8,10,13,26-27H,5-6,9H2,1-3H3/t13-,17+,30?/m1/s1. The number of rotatable bonds is 7. The molecule has 1 unspecified atom stereocenters. The van der Waals surface area contributed by atoms with Crippen molar-refractivity contribution in [1.29, 1.82) is 0 Å². The predicted molar refractivity (Wildman–Crippen MR) is 104 cm³/mol. The van der Waals surface area contributed by atoms with E-state index in [-0.39, 0.29) is 30.3 Å². The molecule has 0 saturated carbocycles. The van der Waals surface area contributed by atoms with Crippen LogP contribution in [0.3, 0.4) is 0 Å². The van der Waals surface area contributed by atoms with Crippen LogP contribution in [0.5, 0.6) is 0 Å². The summed E-state index contributed by atoms with van der Waals surface area (Å²) in [5, 5.41) is 9.48. The van der Waals surface area contributed by atoms with Crippen LogP contribution in [0, 0.1) is 0 Å². The highest BCUT2D eigenvalue weighted by atomic mass is 35.5. The van der Waals surface area contributed by atoms with Gasteiger partial charge in [-0.05, 0) is 45.8 Å². The molecule has 2 N–H and O–H groups in total. The van der Waals surface area contributed by atoms with E-state index >= 15 is 0 Å². The topological polar surface area (TPSA) is 90.3 Å². The van der Waals surface area contributed by atoms with Crippen LogP contribution in [0.15, 0.2) is 36.1 Å². The van der Waals surface area contributed by atoms with Crippen molar-refractivity contribution in [2.24, 2.45) is 0 Å². The lowest BCUT2D eigenvalue weighted by atomic mass is 9.71. The second kappa shape index (κ2) is 9.39. The van der Waals surface area contributed by atoms with Gasteiger partial charge in [0.05, 0.1) is 17.2 Å². The Labute approximate surface area is 179 Å². The minimum atomic E-state index is -5.07. The van der Waals surface area contributed by atoms with Gasteiger partial charge in [0, 0.05) is 30.4 Å². The summed E-state index contributed by atoms with van der Waals surface area (Å²) in [6.07, 6.45) is -0.866. The van der Waals surface area contributed by atoms with E-state index < -0.39 is 45.5 Å². The van der Waals surface area contributed by atoms with E-state index in [0.29, 0.717) is 0 Å². The fraction of sp³-hybridized carbons (Fsp3) is 0.556. The van der Waals surface area contributed by atoms with E-state index in [2.05, 4.69) is 19.4 Å². The largest absolute Gasteiger partial charge is 0.598 e. The van der Waals surface area contributed by atoms with E-state index in [1.165, 1.54) is 12.4 Å². The first-order valence-electron chi connectivity index (χ1n) is 8.90. The van der Waals surface area contributed by atoms with Crippen molar-refractivity contribution >= 4 is 23.0 Å². The van der Waals surface area contributed by atoms with Crippen LogP contribution in [-0.4, -0.2) is 43.4 Å². The molecule has 0 saturated heterocycles. The summed E-state index contributed by atoms with van der Waals surface area (Å²) in [4.78, 5) is 8.09. The lowest BCUT2D eigenvalue weighted by Crippen LogP contribution is -2.54. The fourth-order valence-electron chi connectivity index (χ4n) is 2.99. The smallest absolute Gasteiger partial charge is 0.573 e. The van der Waals surface area contributed by atoms with Crippen molar-refractivity contribution in [2.45, 2.75) is 56.2 Å². The molecule has 0 aliphatic heterocycles. The summed E-state index contributed by atoms with van der Waals surface area (Å²) in [6.45, 7) is 4.76. The van der Waals surface area contributed by atoms with Crippen LogP contribution in [0.4, 0.5) is 17.6 Å². The van der Waals surface area contributed by atoms with Crippen LogP contribution in [0.2, 0.25) is 5.15 Å². The van der Waals surface area contributed by atoms with Gasteiger partial charge in [-0.3, -0.25) is 4.98 Å². The van der Waals surface area contributed by atoms with Crippen molar-refractivity contribution in [1.82, 2.24) is 14.7 Å². The summed E-state index contributed by atoms with van der Waals surface area (Å²) in [5.74, 6) is -2.27. The number of alkyl halides is 3. The Morgan fingerprint density at radius 3 is 2.47 bits per heavy atom. The number of hydrogen-bond donors (Lipinski definition) is 2. The van der Waals surface area contributed by atoms with E-state index in [1.807, 2.05) is 0 Å². The first-order valence-corrected chi connectivity index (χ1v) is 10.4. The highest BCUT2D eigenvalue weighted by Gasteiger charge is 2.48. The van der Waals surface area contributed by atoms with Crippen LogP contribution >= 0.6 is 11.6 Å². The van der Waals surface area contributed by atoms with Gasteiger partial charge in [0.2, 0.25) is 0 Å². The lowest BCUT2D eigenvalue weighted by molar-refractivity contribution is -0.305. The number of hydrogen-bond acceptors (Lipinski definition) is 6. The molecule has 0 amide bonds. The molecule has 6 nitrogen and oxygen atoms in total. The maximum atomic E-state index is 14.8. The van der Waals surface area contributed by atoms with Crippen molar-refractivity contribution in [3.8, 4) is 0 Å². The van der Waals surface area contributed by atoms with Crippen molar-refractivity contribution < 1.29 is 32.0 Å². The SMILES string of the molecule is CC(C)(C)[S+]([O-])N[C@H](CCO)[C@@]1(c2nccnc2Cl)C=C(F)C(OC(F)(F)F)=CC1. The molecule has 30 heavy (non-hydrogen) atoms. The van der Waals surface area contributed by atoms with Gasteiger partial charge in [0.25, 0.3) is 0 Å². The van der Waals surface area contributed by atoms with E-state index in [0.717, 1.165) is 12.2 Å². The fourth-order valence-corrected chi connectivity index (χ4v) is 4.21. The molecule has 0 fully saturated rings. The second-order valence-electron chi connectivity index (χ2n) is 7.61. The maximum Gasteiger partial charge on any atom is 0.573 e. The Hall–Kier alpha value is -1.40. The minimum Gasteiger partial charge on any atom is -0.598 e. The number of nitrogens with zero attached hydrogens (tertiary/aromatic N) is 2. The number of ether oxygens (including phenoxy) is 1. The molecule has 12 heteroatoms. The first kappa shape index (κ1) is 24.9. The monoisotopic (exact) mass is 471 g/mol. The number of halogens is 5. The van der Waals surface area contributed by atoms with Gasteiger partial charge in [0.1, 0.15) is 4.75 Å². The molecule has 0 radical (unpaired) electrons. The predicted octanol–water partition coefficient (Wildman–Crippen LogP) is 3.85. The van der Waals surface area contributed by atoms with Crippen molar-refractivity contribution in [3.05, 3.63) is 47.0 Å². The molecule has 1 heterocycles. The molecule has 1 aliphatic carbocycles. The molecule has 0 aromatic carbocycles. The number of allylic oxidation sites excluding steroid dienone is 2. The molecule has 168 valence electrons. The molecular formula is C18H22ClF4N3O3S. The van der Waals surface area contributed by atoms with E-state index in [4.69, 9.17) is 11.6 Å². The van der Waals surface area contributed by atoms with Crippen LogP contribution in [0.25, 0.3) is 0 Å². The second-order valence-corrected chi connectivity index (χ2v) is 9.97. The third-order valence-corrected chi connectivity index (χ3v) is 6.30. The Morgan fingerprint density at radius 1 is 1.33 bits per heavy atom. The number of aromatic nitrogens is 2. The van der Waals surface area contributed by atoms with E-state index in [9.17, 15) is 27.2 Å². The summed E-state index contributed by atoms with van der Waals surface area (Å²) >= 11 is 4.54. The van der Waals surface area contributed by atoms with Crippen LogP contribution in [-0.2, 0) is 21.5 Å². The quantitative estimate of drug-likeness (QED) is 0.464. The number of nitrogens with one attached hydrogen (secondary N) is 1. The molecule has 2 rings (SSSR count). The van der Waals surface area contributed by atoms with E-state index in [1.54, 1.807) is 20.8 Å². The van der Waals surface area contributed by atoms with Gasteiger partial charge in [-0.2, -0.15) is 0 Å². The van der Waals surface area contributed by atoms with Crippen LogP contribution in [0.1, 0.15) is 39.3 Å². The number of aliphatic hydroxyl groups excluding tert-OH is 1. The Balaban J connectivity index is 2.57. The van der Waals surface area contributed by atoms with Crippen LogP contribution < -0.4 is 4.72 Å². The first-order chi connectivity index (χ1) is 13.8. The summed E-state index contributed by atoms with van der Waals surface area (Å²) in [7, 11) is 0. The molecule has 0 bridgehead atoms. The lowest BCUT2D eigenvalue weighted by Gasteiger charge is -2.40. The maximum absolute atomic E-state index is 14.8. The third kappa shape index (κ3) is 5.85. The average molecular weight is 472 g/mol. The zero-order valence-corrected chi connectivity index (χ0v) is 18.0. The summed E-state index contributed by atoms with van der Waals surface area (Å²) in [5.41, 5.74) is -1.40. The Bertz CT molecular complexity index is 817. The minimum absolute atomic E-state index is 0.0121. The Kier molecular flexibility index (Phi) is 7.78. The highest BCUT2D eigenvalue weighted by Crippen LogP contribution is 2.44. The zero-order chi connectivity index (χ0) is 22.7. The molecule has 1 aromatic rings. The van der Waals surface area contributed by atoms with Gasteiger partial charge < -0.3 is 14.4 Å². The molecule has 3 atom stereocenters. The zero-order valence-electron chi connectivity index (χ0n) is 16.5. The third-order valence-electron chi connectivity index (χ3n) is 4.41. The number of aliphatic hydroxyl groups is 1. The summed E-state index contributed by atoms with van der Waals surface area (Å²) in [6, 6.07) is -0.897. The van der Waals surface area contributed by atoms with Gasteiger partial charge in [-0.15, -0.1) is 17.9 Å². The highest BCUT2D eigenvalue weighted by molar-refractivity contribution is 7.90. The molecule has 1 aromatic heterocycles.